The van der Waals surface area contributed by atoms with Gasteiger partial charge in [-0.3, -0.25) is 14.4 Å². The summed E-state index contributed by atoms with van der Waals surface area (Å²) in [6, 6.07) is 11.1. The SMILES string of the molecule is COc1ccc(C(=O)NC(C(=O)N2CCN(C(=O)c3ccc(OC)c(OC)c3)CC2)C(C)C)cc1. The summed E-state index contributed by atoms with van der Waals surface area (Å²) in [5.41, 5.74) is 0.948. The average Bonchev–Trinajstić information content (AvgIpc) is 2.90. The van der Waals surface area contributed by atoms with Crippen LogP contribution in [0.4, 0.5) is 0 Å². The lowest BCUT2D eigenvalue weighted by molar-refractivity contribution is -0.135. The number of rotatable bonds is 8. The standard InChI is InChI=1S/C26H33N3O6/c1-17(2)23(27-24(30)18-6-9-20(33-3)10-7-18)26(32)29-14-12-28(13-15-29)25(31)19-8-11-21(34-4)22(16-19)35-5/h6-11,16-17,23H,12-15H2,1-5H3,(H,27,30). The second kappa shape index (κ2) is 11.6. The number of ether oxygens (including phenoxy) is 3. The lowest BCUT2D eigenvalue weighted by Gasteiger charge is -2.37. The van der Waals surface area contributed by atoms with Gasteiger partial charge >= 0.3 is 0 Å². The van der Waals surface area contributed by atoms with Crippen LogP contribution >= 0.6 is 0 Å². The molecule has 0 aromatic heterocycles. The van der Waals surface area contributed by atoms with Crippen molar-refractivity contribution in [3.8, 4) is 17.2 Å². The molecule has 9 heteroatoms. The van der Waals surface area contributed by atoms with Gasteiger partial charge in [0.2, 0.25) is 5.91 Å². The predicted octanol–water partition coefficient (Wildman–Crippen LogP) is 2.45. The van der Waals surface area contributed by atoms with Gasteiger partial charge in [-0.2, -0.15) is 0 Å². The Morgan fingerprint density at radius 2 is 1.34 bits per heavy atom. The zero-order valence-electron chi connectivity index (χ0n) is 20.9. The van der Waals surface area contributed by atoms with Crippen LogP contribution in [0.2, 0.25) is 0 Å². The average molecular weight is 484 g/mol. The summed E-state index contributed by atoms with van der Waals surface area (Å²) in [5, 5.41) is 2.87. The third-order valence-electron chi connectivity index (χ3n) is 6.08. The third-order valence-corrected chi connectivity index (χ3v) is 6.08. The fraction of sp³-hybridized carbons (Fsp3) is 0.423. The zero-order valence-corrected chi connectivity index (χ0v) is 20.9. The number of nitrogens with zero attached hydrogens (tertiary/aromatic N) is 2. The molecule has 1 aliphatic heterocycles. The number of carbonyl (C=O) groups excluding carboxylic acids is 3. The van der Waals surface area contributed by atoms with Crippen LogP contribution in [0, 0.1) is 5.92 Å². The number of nitrogens with one attached hydrogen (secondary N) is 1. The smallest absolute Gasteiger partial charge is 0.254 e. The number of benzene rings is 2. The molecule has 2 aromatic carbocycles. The van der Waals surface area contributed by atoms with Crippen LogP contribution < -0.4 is 19.5 Å². The van der Waals surface area contributed by atoms with E-state index in [1.807, 2.05) is 13.8 Å². The summed E-state index contributed by atoms with van der Waals surface area (Å²) >= 11 is 0. The van der Waals surface area contributed by atoms with E-state index in [9.17, 15) is 14.4 Å². The Balaban J connectivity index is 1.62. The Morgan fingerprint density at radius 1 is 0.771 bits per heavy atom. The van der Waals surface area contributed by atoms with Crippen molar-refractivity contribution in [1.82, 2.24) is 15.1 Å². The second-order valence-electron chi connectivity index (χ2n) is 8.61. The molecule has 1 N–H and O–H groups in total. The van der Waals surface area contributed by atoms with Crippen molar-refractivity contribution >= 4 is 17.7 Å². The van der Waals surface area contributed by atoms with E-state index in [2.05, 4.69) is 5.32 Å². The number of piperazine rings is 1. The van der Waals surface area contributed by atoms with Crippen LogP contribution in [0.5, 0.6) is 17.2 Å². The monoisotopic (exact) mass is 483 g/mol. The lowest BCUT2D eigenvalue weighted by atomic mass is 10.0. The second-order valence-corrected chi connectivity index (χ2v) is 8.61. The summed E-state index contributed by atoms with van der Waals surface area (Å²) in [4.78, 5) is 42.4. The molecule has 35 heavy (non-hydrogen) atoms. The van der Waals surface area contributed by atoms with Crippen LogP contribution in [0.1, 0.15) is 34.6 Å². The molecule has 2 aromatic rings. The van der Waals surface area contributed by atoms with Gasteiger partial charge in [0.05, 0.1) is 21.3 Å². The van der Waals surface area contributed by atoms with Crippen LogP contribution in [0.15, 0.2) is 42.5 Å². The van der Waals surface area contributed by atoms with Crippen molar-refractivity contribution in [2.75, 3.05) is 47.5 Å². The Labute approximate surface area is 205 Å². The molecule has 3 rings (SSSR count). The number of hydrogen-bond donors (Lipinski definition) is 1. The molecular weight excluding hydrogens is 450 g/mol. The van der Waals surface area contributed by atoms with Gasteiger partial charge in [-0.25, -0.2) is 0 Å². The van der Waals surface area contributed by atoms with Crippen molar-refractivity contribution in [2.45, 2.75) is 19.9 Å². The maximum absolute atomic E-state index is 13.3. The minimum atomic E-state index is -0.669. The van der Waals surface area contributed by atoms with E-state index in [0.717, 1.165) is 0 Å². The summed E-state index contributed by atoms with van der Waals surface area (Å²) in [7, 11) is 4.62. The van der Waals surface area contributed by atoms with E-state index in [-0.39, 0.29) is 23.6 Å². The Morgan fingerprint density at radius 3 is 1.89 bits per heavy atom. The highest BCUT2D eigenvalue weighted by atomic mass is 16.5. The topological polar surface area (TPSA) is 97.4 Å². The van der Waals surface area contributed by atoms with Gasteiger partial charge in [-0.15, -0.1) is 0 Å². The number of carbonyl (C=O) groups is 3. The molecule has 1 atom stereocenters. The summed E-state index contributed by atoms with van der Waals surface area (Å²) in [6.07, 6.45) is 0. The van der Waals surface area contributed by atoms with Crippen molar-refractivity contribution in [2.24, 2.45) is 5.92 Å². The zero-order chi connectivity index (χ0) is 25.5. The van der Waals surface area contributed by atoms with E-state index in [4.69, 9.17) is 14.2 Å². The summed E-state index contributed by atoms with van der Waals surface area (Å²) < 4.78 is 15.7. The molecule has 0 spiro atoms. The quantitative estimate of drug-likeness (QED) is 0.620. The fourth-order valence-corrected chi connectivity index (χ4v) is 3.96. The summed E-state index contributed by atoms with van der Waals surface area (Å²) in [6.45, 7) is 5.37. The Hall–Kier alpha value is -3.75. The normalized spacial score (nSPS) is 14.3. The minimum absolute atomic E-state index is 0.101. The summed E-state index contributed by atoms with van der Waals surface area (Å²) in [5.74, 6) is 0.985. The molecule has 1 saturated heterocycles. The maximum Gasteiger partial charge on any atom is 0.254 e. The van der Waals surface area contributed by atoms with Gasteiger partial charge < -0.3 is 29.3 Å². The molecule has 0 aliphatic carbocycles. The van der Waals surface area contributed by atoms with Crippen LogP contribution in [-0.4, -0.2) is 81.1 Å². The highest BCUT2D eigenvalue weighted by Gasteiger charge is 2.32. The first-order valence-corrected chi connectivity index (χ1v) is 11.5. The van der Waals surface area contributed by atoms with Gasteiger partial charge in [0, 0.05) is 37.3 Å². The largest absolute Gasteiger partial charge is 0.497 e. The lowest BCUT2D eigenvalue weighted by Crippen LogP contribution is -2.57. The van der Waals surface area contributed by atoms with E-state index in [1.165, 1.54) is 7.11 Å². The highest BCUT2D eigenvalue weighted by Crippen LogP contribution is 2.28. The van der Waals surface area contributed by atoms with Gasteiger partial charge in [0.25, 0.3) is 11.8 Å². The molecule has 1 fully saturated rings. The van der Waals surface area contributed by atoms with E-state index in [0.29, 0.717) is 54.6 Å². The molecule has 0 radical (unpaired) electrons. The minimum Gasteiger partial charge on any atom is -0.497 e. The Kier molecular flexibility index (Phi) is 8.57. The molecule has 9 nitrogen and oxygen atoms in total. The van der Waals surface area contributed by atoms with Crippen molar-refractivity contribution < 1.29 is 28.6 Å². The first-order chi connectivity index (χ1) is 16.8. The van der Waals surface area contributed by atoms with Gasteiger partial charge in [0.15, 0.2) is 11.5 Å². The predicted molar refractivity (Wildman–Crippen MR) is 131 cm³/mol. The van der Waals surface area contributed by atoms with E-state index < -0.39 is 6.04 Å². The molecule has 1 aliphatic rings. The van der Waals surface area contributed by atoms with Crippen LogP contribution in [0.3, 0.4) is 0 Å². The van der Waals surface area contributed by atoms with Crippen LogP contribution in [-0.2, 0) is 4.79 Å². The first-order valence-electron chi connectivity index (χ1n) is 11.5. The molecule has 3 amide bonds. The first kappa shape index (κ1) is 25.9. The van der Waals surface area contributed by atoms with Crippen molar-refractivity contribution in [3.05, 3.63) is 53.6 Å². The van der Waals surface area contributed by atoms with Crippen molar-refractivity contribution in [1.29, 1.82) is 0 Å². The van der Waals surface area contributed by atoms with E-state index in [1.54, 1.807) is 66.5 Å². The molecule has 0 bridgehead atoms. The van der Waals surface area contributed by atoms with Gasteiger partial charge in [-0.1, -0.05) is 13.8 Å². The van der Waals surface area contributed by atoms with Crippen LogP contribution in [0.25, 0.3) is 0 Å². The van der Waals surface area contributed by atoms with Gasteiger partial charge in [0.1, 0.15) is 11.8 Å². The molecule has 0 saturated carbocycles. The van der Waals surface area contributed by atoms with Crippen molar-refractivity contribution in [3.63, 3.8) is 0 Å². The molecule has 1 heterocycles. The number of methoxy groups -OCH3 is 3. The van der Waals surface area contributed by atoms with E-state index >= 15 is 0 Å². The highest BCUT2D eigenvalue weighted by molar-refractivity contribution is 5.98. The maximum atomic E-state index is 13.3. The third kappa shape index (κ3) is 6.03. The molecule has 188 valence electrons. The Bertz CT molecular complexity index is 1050. The van der Waals surface area contributed by atoms with Gasteiger partial charge in [-0.05, 0) is 48.4 Å². The molecule has 1 unspecified atom stereocenters. The number of amides is 3. The number of hydrogen-bond acceptors (Lipinski definition) is 6. The fourth-order valence-electron chi connectivity index (χ4n) is 3.96. The molecular formula is C26H33N3O6.